The van der Waals surface area contributed by atoms with E-state index in [1.807, 2.05) is 77.4 Å². The lowest BCUT2D eigenvalue weighted by atomic mass is 10.1. The largest absolute Gasteiger partial charge is 0.453 e. The lowest BCUT2D eigenvalue weighted by molar-refractivity contribution is 0.666. The molecule has 0 amide bonds. The Labute approximate surface area is 262 Å². The summed E-state index contributed by atoms with van der Waals surface area (Å²) in [6.45, 7) is 0. The van der Waals surface area contributed by atoms with Crippen LogP contribution in [0.4, 0.5) is 0 Å². The van der Waals surface area contributed by atoms with Crippen molar-refractivity contribution in [2.24, 2.45) is 0 Å². The molecule has 0 spiro atoms. The van der Waals surface area contributed by atoms with Gasteiger partial charge in [0, 0.05) is 38.2 Å². The van der Waals surface area contributed by atoms with Gasteiger partial charge in [0.1, 0.15) is 11.1 Å². The maximum atomic E-state index is 9.17. The van der Waals surface area contributed by atoms with Crippen molar-refractivity contribution in [2.75, 3.05) is 0 Å². The van der Waals surface area contributed by atoms with Crippen LogP contribution >= 0.6 is 0 Å². The van der Waals surface area contributed by atoms with Crippen LogP contribution in [0.15, 0.2) is 150 Å². The number of hydrogen-bond acceptors (Lipinski definition) is 3. The summed E-state index contributed by atoms with van der Waals surface area (Å²) in [6, 6.07) is 37.4. The first kappa shape index (κ1) is 20.7. The Morgan fingerprint density at radius 3 is 1.73 bits per heavy atom. The fraction of sp³-hybridized carbons (Fsp3) is 0. The molecule has 5 heteroatoms. The van der Waals surface area contributed by atoms with E-state index < -0.39 is 0 Å². The molecule has 10 rings (SSSR count). The quantitative estimate of drug-likeness (QED) is 0.209. The predicted octanol–water partition coefficient (Wildman–Crippen LogP) is 10.2. The molecular formula is C40H24N4O. The van der Waals surface area contributed by atoms with E-state index in [0.717, 1.165) is 54.7 Å². The third-order valence-electron chi connectivity index (χ3n) is 8.73. The van der Waals surface area contributed by atoms with Crippen LogP contribution in [0, 0.1) is 0 Å². The number of benzene rings is 6. The molecule has 0 saturated heterocycles. The van der Waals surface area contributed by atoms with E-state index in [9.17, 15) is 0 Å². The zero-order valence-corrected chi connectivity index (χ0v) is 23.7. The van der Waals surface area contributed by atoms with E-state index in [-0.39, 0.29) is 35.6 Å². The van der Waals surface area contributed by atoms with Crippen LogP contribution in [0.5, 0.6) is 0 Å². The maximum absolute atomic E-state index is 9.17. The molecule has 10 aromatic rings. The molecule has 0 atom stereocenters. The second kappa shape index (κ2) is 9.15. The van der Waals surface area contributed by atoms with Gasteiger partial charge < -0.3 is 13.6 Å². The van der Waals surface area contributed by atoms with Crippen molar-refractivity contribution in [1.82, 2.24) is 19.1 Å². The minimum absolute atomic E-state index is 0.170. The molecule has 0 N–H and O–H groups in total. The fourth-order valence-corrected chi connectivity index (χ4v) is 6.81. The third kappa shape index (κ3) is 3.43. The zero-order valence-electron chi connectivity index (χ0n) is 27.7. The van der Waals surface area contributed by atoms with Crippen molar-refractivity contribution >= 4 is 65.7 Å². The van der Waals surface area contributed by atoms with E-state index >= 15 is 0 Å². The topological polar surface area (TPSA) is 48.8 Å². The SMILES string of the molecule is [2H]c1c([2H])c([2H])c(-n2c3ccccc3c3ccccc32)c(-c2ncc3oc4ccc(-n5c6ccccc6c6ccccc65)cc4c3n2)c1[2H]. The summed E-state index contributed by atoms with van der Waals surface area (Å²) in [7, 11) is 0. The molecule has 0 aliphatic carbocycles. The van der Waals surface area contributed by atoms with Crippen LogP contribution in [0.25, 0.3) is 88.4 Å². The average molecular weight is 581 g/mol. The highest BCUT2D eigenvalue weighted by Gasteiger charge is 2.19. The van der Waals surface area contributed by atoms with Gasteiger partial charge in [-0.25, -0.2) is 9.97 Å². The number of para-hydroxylation sites is 5. The molecule has 0 unspecified atom stereocenters. The van der Waals surface area contributed by atoms with Crippen LogP contribution in [-0.2, 0) is 0 Å². The molecule has 210 valence electrons. The van der Waals surface area contributed by atoms with Crippen LogP contribution in [-0.4, -0.2) is 19.1 Å². The number of aromatic nitrogens is 4. The first-order valence-corrected chi connectivity index (χ1v) is 14.8. The average Bonchev–Trinajstić information content (AvgIpc) is 3.79. The normalized spacial score (nSPS) is 13.2. The Balaban J connectivity index is 1.26. The molecule has 0 radical (unpaired) electrons. The number of nitrogens with zero attached hydrogens (tertiary/aromatic N) is 4. The highest BCUT2D eigenvalue weighted by molar-refractivity contribution is 6.11. The molecule has 0 saturated carbocycles. The van der Waals surface area contributed by atoms with Crippen LogP contribution in [0.2, 0.25) is 0 Å². The molecule has 0 aliphatic heterocycles. The third-order valence-corrected chi connectivity index (χ3v) is 8.73. The van der Waals surface area contributed by atoms with Gasteiger partial charge in [0.15, 0.2) is 11.4 Å². The van der Waals surface area contributed by atoms with Crippen LogP contribution in [0.3, 0.4) is 0 Å². The van der Waals surface area contributed by atoms with Crippen LogP contribution < -0.4 is 0 Å². The van der Waals surface area contributed by atoms with Crippen molar-refractivity contribution < 1.29 is 9.90 Å². The molecule has 0 aliphatic rings. The van der Waals surface area contributed by atoms with Crippen LogP contribution in [0.1, 0.15) is 5.48 Å². The number of furan rings is 1. The summed E-state index contributed by atoms with van der Waals surface area (Å²) in [4.78, 5) is 9.67. The Bertz CT molecular complexity index is 2900. The zero-order chi connectivity index (χ0) is 33.0. The van der Waals surface area contributed by atoms with Gasteiger partial charge in [-0.3, -0.25) is 0 Å². The van der Waals surface area contributed by atoms with Gasteiger partial charge in [0.2, 0.25) is 0 Å². The summed E-state index contributed by atoms with van der Waals surface area (Å²) >= 11 is 0. The number of hydrogen-bond donors (Lipinski definition) is 0. The van der Waals surface area contributed by atoms with E-state index in [1.54, 1.807) is 6.20 Å². The maximum Gasteiger partial charge on any atom is 0.172 e. The Hall–Kier alpha value is -6.20. The van der Waals surface area contributed by atoms with Gasteiger partial charge in [-0.05, 0) is 54.5 Å². The Kier molecular flexibility index (Phi) is 4.20. The Morgan fingerprint density at radius 2 is 1.11 bits per heavy atom. The smallest absolute Gasteiger partial charge is 0.172 e. The molecule has 5 nitrogen and oxygen atoms in total. The predicted molar refractivity (Wildman–Crippen MR) is 183 cm³/mol. The summed E-state index contributed by atoms with van der Waals surface area (Å²) in [5.74, 6) is 0.182. The lowest BCUT2D eigenvalue weighted by Gasteiger charge is -2.12. The van der Waals surface area contributed by atoms with Gasteiger partial charge in [-0.1, -0.05) is 84.9 Å². The molecule has 6 aromatic carbocycles. The monoisotopic (exact) mass is 580 g/mol. The standard InChI is InChI=1S/C40H24N4O/c1-6-16-32-26(11-1)27-12-2-7-17-33(27)43(32)25-21-22-37-31(23-25)39-38(45-37)24-41-40(42-39)30-15-5-10-20-36(30)44-34-18-8-3-13-28(34)29-14-4-9-19-35(29)44/h1-24H/i5D,10D,15D,20D. The van der Waals surface area contributed by atoms with Gasteiger partial charge in [-0.2, -0.15) is 0 Å². The van der Waals surface area contributed by atoms with E-state index in [4.69, 9.17) is 14.9 Å². The second-order valence-electron chi connectivity index (χ2n) is 11.2. The van der Waals surface area contributed by atoms with Gasteiger partial charge in [0.05, 0.1) is 39.4 Å². The van der Waals surface area contributed by atoms with Gasteiger partial charge >= 0.3 is 0 Å². The fourth-order valence-electron chi connectivity index (χ4n) is 6.81. The molecule has 0 bridgehead atoms. The number of fused-ring (bicyclic) bond motifs is 9. The van der Waals surface area contributed by atoms with Crippen molar-refractivity contribution in [3.8, 4) is 22.8 Å². The highest BCUT2D eigenvalue weighted by Crippen LogP contribution is 2.38. The van der Waals surface area contributed by atoms with Crippen molar-refractivity contribution in [2.45, 2.75) is 0 Å². The highest BCUT2D eigenvalue weighted by atomic mass is 16.3. The van der Waals surface area contributed by atoms with Crippen molar-refractivity contribution in [3.05, 3.63) is 146 Å². The van der Waals surface area contributed by atoms with Gasteiger partial charge in [-0.15, -0.1) is 0 Å². The first-order chi connectivity index (χ1) is 24.0. The van der Waals surface area contributed by atoms with E-state index in [0.29, 0.717) is 22.4 Å². The molecular weight excluding hydrogens is 552 g/mol. The van der Waals surface area contributed by atoms with E-state index in [2.05, 4.69) is 52.0 Å². The van der Waals surface area contributed by atoms with Crippen molar-refractivity contribution in [1.29, 1.82) is 0 Å². The van der Waals surface area contributed by atoms with Gasteiger partial charge in [0.25, 0.3) is 0 Å². The molecule has 4 heterocycles. The first-order valence-electron chi connectivity index (χ1n) is 16.8. The second-order valence-corrected chi connectivity index (χ2v) is 11.2. The summed E-state index contributed by atoms with van der Waals surface area (Å²) in [6.07, 6.45) is 1.59. The lowest BCUT2D eigenvalue weighted by Crippen LogP contribution is -1.99. The van der Waals surface area contributed by atoms with Crippen molar-refractivity contribution in [3.63, 3.8) is 0 Å². The molecule has 45 heavy (non-hydrogen) atoms. The van der Waals surface area contributed by atoms with E-state index in [1.165, 1.54) is 0 Å². The minimum Gasteiger partial charge on any atom is -0.453 e. The summed E-state index contributed by atoms with van der Waals surface area (Å²) < 4.78 is 46.0. The molecule has 4 aromatic heterocycles. The summed E-state index contributed by atoms with van der Waals surface area (Å²) in [5, 5.41) is 5.06. The summed E-state index contributed by atoms with van der Waals surface area (Å²) in [5.41, 5.74) is 6.95. The minimum atomic E-state index is -0.348. The number of rotatable bonds is 3. The molecule has 0 fully saturated rings. The Morgan fingerprint density at radius 1 is 0.556 bits per heavy atom.